The molecule has 1 heterocycles. The summed E-state index contributed by atoms with van der Waals surface area (Å²) in [6.45, 7) is 5.20. The first-order chi connectivity index (χ1) is 11.7. The third kappa shape index (κ3) is 6.00. The fourth-order valence-electron chi connectivity index (χ4n) is 2.11. The molecule has 0 aliphatic carbocycles. The van der Waals surface area contributed by atoms with Gasteiger partial charge in [-0.25, -0.2) is 4.98 Å². The van der Waals surface area contributed by atoms with E-state index >= 15 is 0 Å². The minimum Gasteiger partial charge on any atom is -0.490 e. The molecule has 0 saturated heterocycles. The molecule has 0 radical (unpaired) electrons. The second kappa shape index (κ2) is 10.1. The Labute approximate surface area is 147 Å². The first kappa shape index (κ1) is 18.5. The van der Waals surface area contributed by atoms with Gasteiger partial charge in [-0.2, -0.15) is 0 Å². The summed E-state index contributed by atoms with van der Waals surface area (Å²) in [6.07, 6.45) is 1.71. The Morgan fingerprint density at radius 2 is 1.92 bits per heavy atom. The van der Waals surface area contributed by atoms with Crippen molar-refractivity contribution < 1.29 is 14.2 Å². The van der Waals surface area contributed by atoms with Crippen molar-refractivity contribution in [3.63, 3.8) is 0 Å². The largest absolute Gasteiger partial charge is 0.490 e. The van der Waals surface area contributed by atoms with Crippen LogP contribution in [0.15, 0.2) is 36.5 Å². The lowest BCUT2D eigenvalue weighted by atomic mass is 10.2. The molecule has 24 heavy (non-hydrogen) atoms. The van der Waals surface area contributed by atoms with Crippen LogP contribution in [-0.2, 0) is 17.9 Å². The van der Waals surface area contributed by atoms with Crippen molar-refractivity contribution in [2.45, 2.75) is 20.1 Å². The molecule has 1 aromatic heterocycles. The molecule has 0 amide bonds. The second-order valence-electron chi connectivity index (χ2n) is 5.16. The fourth-order valence-corrected chi connectivity index (χ4v) is 2.22. The summed E-state index contributed by atoms with van der Waals surface area (Å²) in [7, 11) is 1.69. The predicted octanol–water partition coefficient (Wildman–Crippen LogP) is 3.45. The Morgan fingerprint density at radius 1 is 1.08 bits per heavy atom. The average Bonchev–Trinajstić information content (AvgIpc) is 2.60. The molecule has 0 saturated carbocycles. The summed E-state index contributed by atoms with van der Waals surface area (Å²) < 4.78 is 16.6. The maximum Gasteiger partial charge on any atom is 0.161 e. The topological polar surface area (TPSA) is 52.6 Å². The van der Waals surface area contributed by atoms with E-state index in [-0.39, 0.29) is 0 Å². The molecule has 0 atom stereocenters. The van der Waals surface area contributed by atoms with Crippen LogP contribution in [0.3, 0.4) is 0 Å². The quantitative estimate of drug-likeness (QED) is 0.525. The van der Waals surface area contributed by atoms with E-state index in [1.807, 2.05) is 31.2 Å². The van der Waals surface area contributed by atoms with Crippen molar-refractivity contribution >= 4 is 11.6 Å². The molecule has 2 rings (SSSR count). The predicted molar refractivity (Wildman–Crippen MR) is 94.8 cm³/mol. The van der Waals surface area contributed by atoms with Crippen LogP contribution in [0.2, 0.25) is 5.15 Å². The highest BCUT2D eigenvalue weighted by Crippen LogP contribution is 2.29. The highest BCUT2D eigenvalue weighted by atomic mass is 35.5. The van der Waals surface area contributed by atoms with Gasteiger partial charge in [0.15, 0.2) is 11.5 Å². The highest BCUT2D eigenvalue weighted by molar-refractivity contribution is 6.29. The smallest absolute Gasteiger partial charge is 0.161 e. The minimum absolute atomic E-state index is 0.412. The van der Waals surface area contributed by atoms with Gasteiger partial charge in [-0.3, -0.25) is 0 Å². The molecule has 130 valence electrons. The number of aromatic nitrogens is 1. The molecule has 0 fully saturated rings. The number of pyridine rings is 1. The number of hydrogen-bond acceptors (Lipinski definition) is 5. The molecule has 0 bridgehead atoms. The van der Waals surface area contributed by atoms with Gasteiger partial charge in [0.05, 0.1) is 13.2 Å². The molecule has 0 aliphatic heterocycles. The number of methoxy groups -OCH3 is 1. The van der Waals surface area contributed by atoms with Gasteiger partial charge in [-0.05, 0) is 30.7 Å². The van der Waals surface area contributed by atoms with E-state index in [1.54, 1.807) is 19.4 Å². The van der Waals surface area contributed by atoms with Crippen LogP contribution in [0.5, 0.6) is 11.5 Å². The van der Waals surface area contributed by atoms with Crippen LogP contribution >= 0.6 is 11.6 Å². The van der Waals surface area contributed by atoms with E-state index in [4.69, 9.17) is 25.8 Å². The number of hydrogen-bond donors (Lipinski definition) is 1. The fraction of sp³-hybridized carbons (Fsp3) is 0.389. The molecule has 6 heteroatoms. The normalized spacial score (nSPS) is 10.6. The lowest BCUT2D eigenvalue weighted by molar-refractivity contribution is 0.199. The van der Waals surface area contributed by atoms with Gasteiger partial charge >= 0.3 is 0 Å². The van der Waals surface area contributed by atoms with Crippen molar-refractivity contribution in [2.75, 3.05) is 26.9 Å². The second-order valence-corrected chi connectivity index (χ2v) is 5.55. The molecular weight excluding hydrogens is 328 g/mol. The lowest BCUT2D eigenvalue weighted by Crippen LogP contribution is -2.18. The maximum atomic E-state index is 5.87. The Morgan fingerprint density at radius 3 is 2.62 bits per heavy atom. The molecule has 5 nitrogen and oxygen atoms in total. The molecule has 0 spiro atoms. The van der Waals surface area contributed by atoms with E-state index < -0.39 is 0 Å². The molecule has 0 unspecified atom stereocenters. The molecular formula is C18H23ClN2O3. The number of halogens is 1. The van der Waals surface area contributed by atoms with E-state index in [0.29, 0.717) is 30.7 Å². The zero-order valence-electron chi connectivity index (χ0n) is 14.0. The standard InChI is InChI=1S/C18H23ClN2O3/c1-3-23-17-10-14(11-20-8-9-22-2)4-6-16(17)24-13-15-5-7-18(19)21-12-15/h4-7,10,12,20H,3,8-9,11,13H2,1-2H3. The van der Waals surface area contributed by atoms with Gasteiger partial charge in [0.1, 0.15) is 11.8 Å². The van der Waals surface area contributed by atoms with Gasteiger partial charge in [-0.1, -0.05) is 23.7 Å². The molecule has 0 aliphatic rings. The van der Waals surface area contributed by atoms with Crippen molar-refractivity contribution in [1.82, 2.24) is 10.3 Å². The monoisotopic (exact) mass is 350 g/mol. The first-order valence-corrected chi connectivity index (χ1v) is 8.29. The number of nitrogens with zero attached hydrogens (tertiary/aromatic N) is 1. The summed E-state index contributed by atoms with van der Waals surface area (Å²) in [4.78, 5) is 4.05. The molecule has 1 N–H and O–H groups in total. The summed E-state index contributed by atoms with van der Waals surface area (Å²) in [6, 6.07) is 9.60. The first-order valence-electron chi connectivity index (χ1n) is 7.91. The van der Waals surface area contributed by atoms with Crippen LogP contribution in [0.25, 0.3) is 0 Å². The third-order valence-corrected chi connectivity index (χ3v) is 3.53. The summed E-state index contributed by atoms with van der Waals surface area (Å²) >= 11 is 5.79. The number of nitrogens with one attached hydrogen (secondary N) is 1. The Kier molecular flexibility index (Phi) is 7.82. The van der Waals surface area contributed by atoms with E-state index in [0.717, 1.165) is 30.0 Å². The third-order valence-electron chi connectivity index (χ3n) is 3.30. The summed E-state index contributed by atoms with van der Waals surface area (Å²) in [5, 5.41) is 3.78. The van der Waals surface area contributed by atoms with Crippen LogP contribution in [0, 0.1) is 0 Å². The Balaban J connectivity index is 1.98. The SMILES string of the molecule is CCOc1cc(CNCCOC)ccc1OCc1ccc(Cl)nc1. The van der Waals surface area contributed by atoms with Gasteiger partial charge in [-0.15, -0.1) is 0 Å². The van der Waals surface area contributed by atoms with Gasteiger partial charge in [0, 0.05) is 32.0 Å². The molecule has 1 aromatic carbocycles. The zero-order chi connectivity index (χ0) is 17.2. The highest BCUT2D eigenvalue weighted by Gasteiger charge is 2.07. The maximum absolute atomic E-state index is 5.87. The van der Waals surface area contributed by atoms with Crippen LogP contribution in [0.4, 0.5) is 0 Å². The number of ether oxygens (including phenoxy) is 3. The van der Waals surface area contributed by atoms with Crippen LogP contribution in [0.1, 0.15) is 18.1 Å². The lowest BCUT2D eigenvalue weighted by Gasteiger charge is -2.14. The van der Waals surface area contributed by atoms with Crippen LogP contribution < -0.4 is 14.8 Å². The van der Waals surface area contributed by atoms with Gasteiger partial charge in [0.2, 0.25) is 0 Å². The van der Waals surface area contributed by atoms with Crippen molar-refractivity contribution in [1.29, 1.82) is 0 Å². The summed E-state index contributed by atoms with van der Waals surface area (Å²) in [5.74, 6) is 1.46. The van der Waals surface area contributed by atoms with Crippen molar-refractivity contribution in [3.05, 3.63) is 52.8 Å². The average molecular weight is 351 g/mol. The van der Waals surface area contributed by atoms with E-state index in [2.05, 4.69) is 10.3 Å². The zero-order valence-corrected chi connectivity index (χ0v) is 14.8. The summed E-state index contributed by atoms with van der Waals surface area (Å²) in [5.41, 5.74) is 2.09. The van der Waals surface area contributed by atoms with E-state index in [1.165, 1.54) is 0 Å². The van der Waals surface area contributed by atoms with Crippen molar-refractivity contribution in [3.8, 4) is 11.5 Å². The van der Waals surface area contributed by atoms with Crippen LogP contribution in [-0.4, -0.2) is 31.9 Å². The number of benzene rings is 1. The van der Waals surface area contributed by atoms with Gasteiger partial charge < -0.3 is 19.5 Å². The minimum atomic E-state index is 0.412. The number of rotatable bonds is 10. The molecule has 2 aromatic rings. The Hall–Kier alpha value is -1.82. The van der Waals surface area contributed by atoms with Crippen molar-refractivity contribution in [2.24, 2.45) is 0 Å². The Bertz CT molecular complexity index is 620. The van der Waals surface area contributed by atoms with Gasteiger partial charge in [0.25, 0.3) is 0 Å². The van der Waals surface area contributed by atoms with E-state index in [9.17, 15) is 0 Å².